The van der Waals surface area contributed by atoms with Gasteiger partial charge >= 0.3 is 0 Å². The zero-order valence-corrected chi connectivity index (χ0v) is 24.4. The molecule has 1 heterocycles. The van der Waals surface area contributed by atoms with Crippen molar-refractivity contribution in [1.29, 1.82) is 0 Å². The maximum absolute atomic E-state index is 14.1. The first kappa shape index (κ1) is 29.6. The van der Waals surface area contributed by atoms with Crippen molar-refractivity contribution in [3.8, 4) is 0 Å². The Bertz CT molecular complexity index is 1290. The van der Waals surface area contributed by atoms with Crippen LogP contribution in [0.25, 0.3) is 0 Å². The second-order valence-electron chi connectivity index (χ2n) is 10.8. The van der Waals surface area contributed by atoms with Crippen molar-refractivity contribution < 1.29 is 19.0 Å². The Morgan fingerprint density at radius 1 is 1.10 bits per heavy atom. The summed E-state index contributed by atoms with van der Waals surface area (Å²) in [4.78, 5) is 16.0. The zero-order valence-electron chi connectivity index (χ0n) is 22.2. The summed E-state index contributed by atoms with van der Waals surface area (Å²) in [6.07, 6.45) is 7.68. The van der Waals surface area contributed by atoms with E-state index in [2.05, 4.69) is 5.32 Å². The molecule has 5 atom stereocenters. The van der Waals surface area contributed by atoms with Crippen LogP contribution in [0.5, 0.6) is 0 Å². The Kier molecular flexibility index (Phi) is 9.88. The molecular formula is C31H34Cl3FN2O3. The van der Waals surface area contributed by atoms with E-state index in [0.29, 0.717) is 59.8 Å². The molecule has 1 saturated carbocycles. The van der Waals surface area contributed by atoms with E-state index in [9.17, 15) is 14.3 Å². The third-order valence-corrected chi connectivity index (χ3v) is 9.31. The molecule has 214 valence electrons. The van der Waals surface area contributed by atoms with Gasteiger partial charge in [0.25, 0.3) is 5.91 Å². The molecule has 0 aromatic heterocycles. The van der Waals surface area contributed by atoms with Gasteiger partial charge in [-0.15, -0.1) is 0 Å². The van der Waals surface area contributed by atoms with Crippen molar-refractivity contribution in [3.05, 3.63) is 92.2 Å². The molecule has 2 aromatic carbocycles. The number of carbonyl (C=O) groups is 1. The number of benzene rings is 2. The van der Waals surface area contributed by atoms with Crippen molar-refractivity contribution in [2.24, 2.45) is 5.92 Å². The number of carbonyl (C=O) groups excluding carboxylic acids is 1. The molecule has 5 rings (SSSR count). The van der Waals surface area contributed by atoms with Crippen LogP contribution in [0.1, 0.15) is 59.5 Å². The highest BCUT2D eigenvalue weighted by atomic mass is 35.5. The molecular weight excluding hydrogens is 574 g/mol. The largest absolute Gasteiger partial charge is 0.391 e. The summed E-state index contributed by atoms with van der Waals surface area (Å²) in [6.45, 7) is 1.26. The first-order valence-corrected chi connectivity index (χ1v) is 15.0. The van der Waals surface area contributed by atoms with Crippen LogP contribution in [0.15, 0.2) is 64.7 Å². The monoisotopic (exact) mass is 606 g/mol. The fraction of sp³-hybridized carbons (Fsp3) is 0.452. The fourth-order valence-electron chi connectivity index (χ4n) is 6.35. The highest BCUT2D eigenvalue weighted by Gasteiger charge is 2.48. The van der Waals surface area contributed by atoms with Gasteiger partial charge in [0, 0.05) is 45.1 Å². The first-order chi connectivity index (χ1) is 19.3. The Labute approximate surface area is 249 Å². The Morgan fingerprint density at radius 3 is 2.67 bits per heavy atom. The number of aliphatic hydroxyl groups is 1. The SMILES string of the molecule is O=C1c2ccccc2[C@@H](COCNCCc2ccc(F)cc2Cl)[C@H](C2CC=C(Cl)C=C2Cl)N1[C@H]1CCCC[C@@H]1O. The Hall–Kier alpha value is -1.93. The summed E-state index contributed by atoms with van der Waals surface area (Å²) in [7, 11) is 0. The lowest BCUT2D eigenvalue weighted by Gasteiger charge is -2.51. The number of nitrogens with zero attached hydrogens (tertiary/aromatic N) is 1. The summed E-state index contributed by atoms with van der Waals surface area (Å²) in [5.41, 5.74) is 2.44. The van der Waals surface area contributed by atoms with Gasteiger partial charge in [0.1, 0.15) is 5.82 Å². The molecule has 1 amide bonds. The zero-order chi connectivity index (χ0) is 28.2. The van der Waals surface area contributed by atoms with Gasteiger partial charge in [0.15, 0.2) is 0 Å². The highest BCUT2D eigenvalue weighted by Crippen LogP contribution is 2.45. The van der Waals surface area contributed by atoms with Gasteiger partial charge in [-0.1, -0.05) is 78.0 Å². The molecule has 2 aromatic rings. The van der Waals surface area contributed by atoms with Crippen LogP contribution >= 0.6 is 34.8 Å². The normalized spacial score (nSPS) is 26.8. The highest BCUT2D eigenvalue weighted by molar-refractivity contribution is 6.35. The summed E-state index contributed by atoms with van der Waals surface area (Å²) in [6, 6.07) is 11.5. The van der Waals surface area contributed by atoms with Crippen molar-refractivity contribution in [2.75, 3.05) is 19.9 Å². The number of halogens is 4. The first-order valence-electron chi connectivity index (χ1n) is 13.9. The second-order valence-corrected chi connectivity index (χ2v) is 12.1. The molecule has 40 heavy (non-hydrogen) atoms. The van der Waals surface area contributed by atoms with E-state index in [1.165, 1.54) is 12.1 Å². The molecule has 1 unspecified atom stereocenters. The number of fused-ring (bicyclic) bond motifs is 1. The van der Waals surface area contributed by atoms with Crippen LogP contribution in [0.3, 0.4) is 0 Å². The van der Waals surface area contributed by atoms with Gasteiger partial charge in [0.2, 0.25) is 0 Å². The van der Waals surface area contributed by atoms with E-state index in [0.717, 1.165) is 30.4 Å². The number of hydrogen-bond donors (Lipinski definition) is 2. The van der Waals surface area contributed by atoms with E-state index < -0.39 is 6.10 Å². The number of amides is 1. The summed E-state index contributed by atoms with van der Waals surface area (Å²) >= 11 is 19.3. The number of ether oxygens (including phenoxy) is 1. The molecule has 2 N–H and O–H groups in total. The average molecular weight is 608 g/mol. The van der Waals surface area contributed by atoms with Gasteiger partial charge < -0.3 is 14.7 Å². The third kappa shape index (κ3) is 6.43. The van der Waals surface area contributed by atoms with Crippen LogP contribution in [-0.4, -0.2) is 54.0 Å². The molecule has 0 bridgehead atoms. The van der Waals surface area contributed by atoms with E-state index in [-0.39, 0.29) is 35.6 Å². The Balaban J connectivity index is 1.36. The van der Waals surface area contributed by atoms with E-state index in [1.54, 1.807) is 12.1 Å². The van der Waals surface area contributed by atoms with Gasteiger partial charge in [-0.2, -0.15) is 0 Å². The lowest BCUT2D eigenvalue weighted by atomic mass is 9.73. The lowest BCUT2D eigenvalue weighted by Crippen LogP contribution is -2.60. The number of hydrogen-bond acceptors (Lipinski definition) is 4. The lowest BCUT2D eigenvalue weighted by molar-refractivity contribution is -0.0234. The predicted octanol–water partition coefficient (Wildman–Crippen LogP) is 6.76. The number of aliphatic hydroxyl groups excluding tert-OH is 1. The topological polar surface area (TPSA) is 61.8 Å². The summed E-state index contributed by atoms with van der Waals surface area (Å²) < 4.78 is 19.5. The van der Waals surface area contributed by atoms with E-state index in [4.69, 9.17) is 39.5 Å². The molecule has 1 fully saturated rings. The standard InChI is InChI=1S/C31H34Cl3FN2O3/c32-20-10-12-24(27(34)15-20)30-25(17-40-18-36-14-13-19-9-11-21(35)16-26(19)33)22-5-1-2-6-23(22)31(39)37(30)28-7-3-4-8-29(28)38/h1-2,5-6,9-11,15-16,24-25,28-30,36,38H,3-4,7-8,12-14,17-18H2/t24?,25-,28+,29+,30+/m1/s1. The minimum atomic E-state index is -0.586. The molecule has 9 heteroatoms. The number of allylic oxidation sites excluding steroid dienone is 3. The van der Waals surface area contributed by atoms with Gasteiger partial charge in [-0.05, 0) is 61.1 Å². The van der Waals surface area contributed by atoms with Crippen LogP contribution in [0, 0.1) is 11.7 Å². The van der Waals surface area contributed by atoms with Crippen molar-refractivity contribution >= 4 is 40.7 Å². The quantitative estimate of drug-likeness (QED) is 0.244. The van der Waals surface area contributed by atoms with Gasteiger partial charge in [-0.25, -0.2) is 4.39 Å². The van der Waals surface area contributed by atoms with Gasteiger partial charge in [-0.3, -0.25) is 10.1 Å². The fourth-order valence-corrected chi connectivity index (χ4v) is 7.21. The van der Waals surface area contributed by atoms with Crippen molar-refractivity contribution in [1.82, 2.24) is 10.2 Å². The molecule has 1 aliphatic heterocycles. The number of nitrogens with one attached hydrogen (secondary N) is 1. The summed E-state index contributed by atoms with van der Waals surface area (Å²) in [5.74, 6) is -0.750. The van der Waals surface area contributed by atoms with E-state index >= 15 is 0 Å². The summed E-state index contributed by atoms with van der Waals surface area (Å²) in [5, 5.41) is 15.9. The van der Waals surface area contributed by atoms with Crippen LogP contribution in [0.4, 0.5) is 4.39 Å². The van der Waals surface area contributed by atoms with Gasteiger partial charge in [0.05, 0.1) is 25.5 Å². The van der Waals surface area contributed by atoms with Crippen molar-refractivity contribution in [2.45, 2.75) is 62.6 Å². The molecule has 2 aliphatic carbocycles. The maximum atomic E-state index is 14.1. The molecule has 0 spiro atoms. The molecule has 0 saturated heterocycles. The third-order valence-electron chi connectivity index (χ3n) is 8.31. The number of rotatable bonds is 9. The van der Waals surface area contributed by atoms with E-state index in [1.807, 2.05) is 35.2 Å². The predicted molar refractivity (Wildman–Crippen MR) is 157 cm³/mol. The second kappa shape index (κ2) is 13.4. The van der Waals surface area contributed by atoms with Crippen molar-refractivity contribution in [3.63, 3.8) is 0 Å². The molecule has 0 radical (unpaired) electrons. The maximum Gasteiger partial charge on any atom is 0.254 e. The average Bonchev–Trinajstić information content (AvgIpc) is 2.93. The smallest absolute Gasteiger partial charge is 0.254 e. The van der Waals surface area contributed by atoms with Crippen LogP contribution in [0.2, 0.25) is 5.02 Å². The molecule has 5 nitrogen and oxygen atoms in total. The minimum Gasteiger partial charge on any atom is -0.391 e. The Morgan fingerprint density at radius 2 is 1.90 bits per heavy atom. The minimum absolute atomic E-state index is 0.0674. The van der Waals surface area contributed by atoms with Crippen LogP contribution < -0.4 is 5.32 Å². The van der Waals surface area contributed by atoms with Crippen LogP contribution in [-0.2, 0) is 11.2 Å². The molecule has 3 aliphatic rings.